The number of carbonyl (C=O) groups is 3. The van der Waals surface area contributed by atoms with Gasteiger partial charge in [0.1, 0.15) is 42.0 Å². The van der Waals surface area contributed by atoms with Crippen molar-refractivity contribution < 1.29 is 44.3 Å². The van der Waals surface area contributed by atoms with E-state index < -0.39 is 95.8 Å². The van der Waals surface area contributed by atoms with E-state index in [1.165, 1.54) is 31.0 Å². The molecule has 0 aliphatic carbocycles. The van der Waals surface area contributed by atoms with Crippen LogP contribution in [-0.2, 0) is 23.9 Å². The van der Waals surface area contributed by atoms with Crippen molar-refractivity contribution in [3.63, 3.8) is 0 Å². The Morgan fingerprint density at radius 2 is 1.74 bits per heavy atom. The van der Waals surface area contributed by atoms with Crippen LogP contribution in [-0.4, -0.2) is 113 Å². The first-order chi connectivity index (χ1) is 18.4. The van der Waals surface area contributed by atoms with Crippen molar-refractivity contribution in [2.24, 2.45) is 5.92 Å². The van der Waals surface area contributed by atoms with E-state index in [1.54, 1.807) is 0 Å². The lowest BCUT2D eigenvalue weighted by Crippen LogP contribution is -2.57. The lowest BCUT2D eigenvalue weighted by Gasteiger charge is -2.37. The van der Waals surface area contributed by atoms with E-state index in [0.29, 0.717) is 0 Å². The van der Waals surface area contributed by atoms with Gasteiger partial charge in [0.25, 0.3) is 11.5 Å². The highest BCUT2D eigenvalue weighted by Gasteiger charge is 2.58. The summed E-state index contributed by atoms with van der Waals surface area (Å²) in [4.78, 5) is 64.9. The molecule has 3 amide bonds. The number of thioether (sulfide) groups is 1. The van der Waals surface area contributed by atoms with E-state index in [4.69, 9.17) is 9.47 Å². The Hall–Kier alpha value is -2.86. The maximum absolute atomic E-state index is 13.1. The zero-order chi connectivity index (χ0) is 28.3. The minimum Gasteiger partial charge on any atom is -0.394 e. The molecule has 39 heavy (non-hydrogen) atoms. The predicted molar refractivity (Wildman–Crippen MR) is 131 cm³/mol. The van der Waals surface area contributed by atoms with Crippen molar-refractivity contribution in [3.05, 3.63) is 44.2 Å². The van der Waals surface area contributed by atoms with Crippen LogP contribution in [0, 0.1) is 12.8 Å². The van der Waals surface area contributed by atoms with Crippen LogP contribution in [0.1, 0.15) is 18.7 Å². The average molecular weight is 569 g/mol. The molecule has 5 rings (SSSR count). The van der Waals surface area contributed by atoms with Gasteiger partial charge < -0.3 is 34.8 Å². The highest BCUT2D eigenvalue weighted by Crippen LogP contribution is 2.43. The second-order valence-corrected chi connectivity index (χ2v) is 11.1. The number of nitrogens with one attached hydrogen (secondary N) is 2. The maximum atomic E-state index is 13.1. The molecular formula is C23H28N4O11S. The number of rotatable bonds is 5. The molecule has 10 atom stereocenters. The molecule has 212 valence electrons. The fraction of sp³-hybridized carbons (Fsp3) is 0.609. The summed E-state index contributed by atoms with van der Waals surface area (Å²) in [6, 6.07) is -1.17. The number of nitrogens with zero attached hydrogens (tertiary/aromatic N) is 2. The van der Waals surface area contributed by atoms with Gasteiger partial charge in [0.05, 0.1) is 24.3 Å². The molecule has 15 nitrogen and oxygen atoms in total. The molecule has 5 heterocycles. The Kier molecular flexibility index (Phi) is 7.30. The summed E-state index contributed by atoms with van der Waals surface area (Å²) < 4.78 is 12.7. The van der Waals surface area contributed by atoms with Crippen molar-refractivity contribution in [1.82, 2.24) is 19.8 Å². The van der Waals surface area contributed by atoms with Gasteiger partial charge >= 0.3 is 5.69 Å². The van der Waals surface area contributed by atoms with Crippen LogP contribution in [0.2, 0.25) is 0 Å². The third-order valence-electron chi connectivity index (χ3n) is 7.50. The Labute approximate surface area is 224 Å². The number of aliphatic hydroxyl groups is 4. The number of aromatic amines is 1. The zero-order valence-electron chi connectivity index (χ0n) is 20.8. The summed E-state index contributed by atoms with van der Waals surface area (Å²) in [5.74, 6) is -2.91. The van der Waals surface area contributed by atoms with Gasteiger partial charge in [0.2, 0.25) is 11.8 Å². The lowest BCUT2D eigenvalue weighted by atomic mass is 9.89. The minimum atomic E-state index is -1.61. The van der Waals surface area contributed by atoms with E-state index in [0.717, 1.165) is 16.3 Å². The van der Waals surface area contributed by atoms with Gasteiger partial charge in [0.15, 0.2) is 6.23 Å². The first-order valence-corrected chi connectivity index (χ1v) is 13.2. The van der Waals surface area contributed by atoms with E-state index in [-0.39, 0.29) is 16.9 Å². The Morgan fingerprint density at radius 3 is 2.44 bits per heavy atom. The molecule has 16 heteroatoms. The predicted octanol–water partition coefficient (Wildman–Crippen LogP) is -3.93. The molecule has 5 unspecified atom stereocenters. The summed E-state index contributed by atoms with van der Waals surface area (Å²) in [6.45, 7) is 2.31. The molecular weight excluding hydrogens is 540 g/mol. The molecule has 0 saturated carbocycles. The molecule has 0 aromatic carbocycles. The van der Waals surface area contributed by atoms with Crippen molar-refractivity contribution in [2.45, 2.75) is 68.1 Å². The van der Waals surface area contributed by atoms with Gasteiger partial charge in [-0.15, -0.1) is 11.8 Å². The molecule has 1 aromatic heterocycles. The molecule has 0 radical (unpaired) electrons. The molecule has 0 spiro atoms. The first kappa shape index (κ1) is 27.7. The number of hydrogen-bond acceptors (Lipinski definition) is 12. The molecule has 4 aliphatic heterocycles. The fourth-order valence-corrected chi connectivity index (χ4v) is 6.79. The van der Waals surface area contributed by atoms with E-state index in [2.05, 4.69) is 10.3 Å². The topological polar surface area (TPSA) is 221 Å². The molecule has 0 bridgehead atoms. The van der Waals surface area contributed by atoms with Crippen LogP contribution in [0.15, 0.2) is 27.4 Å². The maximum Gasteiger partial charge on any atom is 0.330 e. The third-order valence-corrected chi connectivity index (χ3v) is 8.75. The third kappa shape index (κ3) is 4.55. The highest BCUT2D eigenvalue weighted by molar-refractivity contribution is 8.01. The molecule has 3 fully saturated rings. The number of H-pyrrole nitrogens is 1. The average Bonchev–Trinajstić information content (AvgIpc) is 3.51. The number of aromatic nitrogens is 2. The Balaban J connectivity index is 1.44. The number of aliphatic hydroxyl groups excluding tert-OH is 4. The number of amides is 3. The summed E-state index contributed by atoms with van der Waals surface area (Å²) in [5, 5.41) is 44.2. The summed E-state index contributed by atoms with van der Waals surface area (Å²) >= 11 is 1.06. The Morgan fingerprint density at radius 1 is 1.03 bits per heavy atom. The summed E-state index contributed by atoms with van der Waals surface area (Å²) in [6.07, 6.45) is -7.10. The van der Waals surface area contributed by atoms with Crippen LogP contribution in [0.3, 0.4) is 0 Å². The molecule has 6 N–H and O–H groups in total. The normalized spacial score (nSPS) is 38.9. The second kappa shape index (κ2) is 10.3. The van der Waals surface area contributed by atoms with Crippen molar-refractivity contribution in [1.29, 1.82) is 0 Å². The standard InChI is InChI=1S/C23H28N4O11S/c1-7-3-9(20(35)24-18(7)33)16-13(30)12(10(5-28)37-16)27-11(29)6-39-22(27)17-14(31)15(32)21(38-17)26-4-8(2)19(34)25-23(26)36/h3-4,9-10,12-17,21-22,28,30-32H,5-6H2,1-2H3,(H,24,33,35)(H,25,34,36)/t9?,10-,12?,13-,14-,15+,16?,17?,21?,22-/m1/s1. The quantitative estimate of drug-likeness (QED) is 0.188. The number of carbonyl (C=O) groups excluding carboxylic acids is 3. The lowest BCUT2D eigenvalue weighted by molar-refractivity contribution is -0.139. The van der Waals surface area contributed by atoms with Crippen molar-refractivity contribution in [3.8, 4) is 0 Å². The Bertz CT molecular complexity index is 1340. The van der Waals surface area contributed by atoms with Gasteiger partial charge in [-0.1, -0.05) is 6.08 Å². The first-order valence-electron chi connectivity index (χ1n) is 12.2. The molecule has 1 aromatic rings. The number of hydrogen-bond donors (Lipinski definition) is 6. The van der Waals surface area contributed by atoms with Crippen LogP contribution in [0.25, 0.3) is 0 Å². The van der Waals surface area contributed by atoms with Crippen molar-refractivity contribution in [2.75, 3.05) is 12.4 Å². The summed E-state index contributed by atoms with van der Waals surface area (Å²) in [5.41, 5.74) is -1.09. The second-order valence-electron chi connectivity index (χ2n) is 9.95. The molecule has 4 aliphatic rings. The van der Waals surface area contributed by atoms with Crippen LogP contribution < -0.4 is 16.6 Å². The summed E-state index contributed by atoms with van der Waals surface area (Å²) in [7, 11) is 0. The number of aryl methyl sites for hydroxylation is 1. The largest absolute Gasteiger partial charge is 0.394 e. The molecule has 3 saturated heterocycles. The highest BCUT2D eigenvalue weighted by atomic mass is 32.2. The van der Waals surface area contributed by atoms with Crippen LogP contribution in [0.4, 0.5) is 0 Å². The van der Waals surface area contributed by atoms with Gasteiger partial charge in [-0.2, -0.15) is 0 Å². The van der Waals surface area contributed by atoms with Crippen LogP contribution >= 0.6 is 11.8 Å². The smallest absolute Gasteiger partial charge is 0.330 e. The zero-order valence-corrected chi connectivity index (χ0v) is 21.6. The fourth-order valence-electron chi connectivity index (χ4n) is 5.50. The van der Waals surface area contributed by atoms with Gasteiger partial charge in [-0.3, -0.25) is 34.0 Å². The number of imide groups is 1. The van der Waals surface area contributed by atoms with Gasteiger partial charge in [-0.05, 0) is 13.8 Å². The van der Waals surface area contributed by atoms with Gasteiger partial charge in [0, 0.05) is 17.3 Å². The van der Waals surface area contributed by atoms with Gasteiger partial charge in [-0.25, -0.2) is 4.79 Å². The number of ether oxygens (including phenoxy) is 2. The van der Waals surface area contributed by atoms with E-state index in [1.807, 2.05) is 0 Å². The minimum absolute atomic E-state index is 0.0841. The monoisotopic (exact) mass is 568 g/mol. The van der Waals surface area contributed by atoms with E-state index >= 15 is 0 Å². The van der Waals surface area contributed by atoms with Crippen molar-refractivity contribution >= 4 is 29.5 Å². The van der Waals surface area contributed by atoms with E-state index in [9.17, 15) is 44.4 Å². The SMILES string of the molecule is CC1=CC(C2O[C@H](CO)C(N3C(=O)CS[C@@H]3C3OC(n4cc(C)c(=O)[nH]c4=O)[C@@H](O)[C@H]3O)[C@H]2O)C(=O)NC1=O. The van der Waals surface area contributed by atoms with Crippen LogP contribution in [0.5, 0.6) is 0 Å².